The third-order valence-corrected chi connectivity index (χ3v) is 3.75. The molecule has 1 aliphatic rings. The number of rotatable bonds is 3. The second-order valence-corrected chi connectivity index (χ2v) is 5.11. The SMILES string of the molecule is O=C(O)c1cccc(N2CCN(c3ccccc3F)CC2)n1. The number of carboxylic acids is 1. The summed E-state index contributed by atoms with van der Waals surface area (Å²) in [7, 11) is 0. The molecule has 0 unspecified atom stereocenters. The maximum Gasteiger partial charge on any atom is 0.354 e. The Morgan fingerprint density at radius 3 is 2.36 bits per heavy atom. The molecule has 1 aromatic heterocycles. The highest BCUT2D eigenvalue weighted by Gasteiger charge is 2.20. The molecule has 1 N–H and O–H groups in total. The van der Waals surface area contributed by atoms with Crippen LogP contribution < -0.4 is 9.80 Å². The Bertz CT molecular complexity index is 685. The third-order valence-electron chi connectivity index (χ3n) is 3.75. The topological polar surface area (TPSA) is 56.7 Å². The van der Waals surface area contributed by atoms with Crippen molar-refractivity contribution in [2.45, 2.75) is 0 Å². The fraction of sp³-hybridized carbons (Fsp3) is 0.250. The molecule has 0 saturated carbocycles. The Hall–Kier alpha value is -2.63. The molecular formula is C16H16FN3O2. The first kappa shape index (κ1) is 14.3. The fourth-order valence-corrected chi connectivity index (χ4v) is 2.60. The van der Waals surface area contributed by atoms with Crippen molar-refractivity contribution in [2.24, 2.45) is 0 Å². The number of hydrogen-bond acceptors (Lipinski definition) is 4. The molecule has 1 aliphatic heterocycles. The van der Waals surface area contributed by atoms with Crippen molar-refractivity contribution in [1.82, 2.24) is 4.98 Å². The van der Waals surface area contributed by atoms with Gasteiger partial charge in [-0.1, -0.05) is 18.2 Å². The van der Waals surface area contributed by atoms with Gasteiger partial charge in [-0.3, -0.25) is 0 Å². The number of pyridine rings is 1. The van der Waals surface area contributed by atoms with Gasteiger partial charge in [-0.15, -0.1) is 0 Å². The number of anilines is 2. The Morgan fingerprint density at radius 2 is 1.68 bits per heavy atom. The van der Waals surface area contributed by atoms with E-state index in [-0.39, 0.29) is 11.5 Å². The second-order valence-electron chi connectivity index (χ2n) is 5.11. The van der Waals surface area contributed by atoms with Gasteiger partial charge in [-0.2, -0.15) is 0 Å². The van der Waals surface area contributed by atoms with Crippen LogP contribution in [0.4, 0.5) is 15.9 Å². The minimum Gasteiger partial charge on any atom is -0.477 e. The van der Waals surface area contributed by atoms with E-state index in [2.05, 4.69) is 4.98 Å². The van der Waals surface area contributed by atoms with Crippen molar-refractivity contribution in [3.63, 3.8) is 0 Å². The van der Waals surface area contributed by atoms with Crippen molar-refractivity contribution >= 4 is 17.5 Å². The number of halogens is 1. The summed E-state index contributed by atoms with van der Waals surface area (Å²) in [6, 6.07) is 11.7. The predicted octanol–water partition coefficient (Wildman–Crippen LogP) is 2.25. The smallest absolute Gasteiger partial charge is 0.354 e. The zero-order valence-corrected chi connectivity index (χ0v) is 11.9. The number of aromatic carboxylic acids is 1. The number of carbonyl (C=O) groups is 1. The number of aromatic nitrogens is 1. The van der Waals surface area contributed by atoms with Crippen molar-refractivity contribution in [3.05, 3.63) is 54.0 Å². The summed E-state index contributed by atoms with van der Waals surface area (Å²) in [4.78, 5) is 19.1. The summed E-state index contributed by atoms with van der Waals surface area (Å²) in [6.45, 7) is 2.68. The van der Waals surface area contributed by atoms with Gasteiger partial charge in [0.2, 0.25) is 0 Å². The van der Waals surface area contributed by atoms with Crippen molar-refractivity contribution in [3.8, 4) is 0 Å². The van der Waals surface area contributed by atoms with Crippen LogP contribution in [0.15, 0.2) is 42.5 Å². The summed E-state index contributed by atoms with van der Waals surface area (Å²) in [5.41, 5.74) is 0.642. The van der Waals surface area contributed by atoms with Crippen molar-refractivity contribution in [1.29, 1.82) is 0 Å². The first-order valence-corrected chi connectivity index (χ1v) is 7.10. The van der Waals surface area contributed by atoms with Crippen LogP contribution in [0.1, 0.15) is 10.5 Å². The molecule has 2 aromatic rings. The summed E-state index contributed by atoms with van der Waals surface area (Å²) in [5.74, 6) is -0.609. The van der Waals surface area contributed by atoms with Gasteiger partial charge in [0.15, 0.2) is 5.69 Å². The van der Waals surface area contributed by atoms with Crippen molar-refractivity contribution in [2.75, 3.05) is 36.0 Å². The van der Waals surface area contributed by atoms with Gasteiger partial charge in [0.1, 0.15) is 11.6 Å². The Labute approximate surface area is 127 Å². The number of carboxylic acid groups (broad SMARTS) is 1. The van der Waals surface area contributed by atoms with E-state index >= 15 is 0 Å². The summed E-state index contributed by atoms with van der Waals surface area (Å²) in [6.07, 6.45) is 0. The molecule has 0 atom stereocenters. The maximum absolute atomic E-state index is 13.8. The first-order chi connectivity index (χ1) is 10.6. The molecular weight excluding hydrogens is 285 g/mol. The van der Waals surface area contributed by atoms with E-state index in [9.17, 15) is 9.18 Å². The predicted molar refractivity (Wildman–Crippen MR) is 82.0 cm³/mol. The van der Waals surface area contributed by atoms with Gasteiger partial charge in [0, 0.05) is 26.2 Å². The molecule has 0 spiro atoms. The minimum atomic E-state index is -1.04. The van der Waals surface area contributed by atoms with Gasteiger partial charge >= 0.3 is 5.97 Å². The molecule has 0 bridgehead atoms. The van der Waals surface area contributed by atoms with Crippen LogP contribution in [0.3, 0.4) is 0 Å². The Kier molecular flexibility index (Phi) is 3.91. The fourth-order valence-electron chi connectivity index (χ4n) is 2.60. The van der Waals surface area contributed by atoms with Gasteiger partial charge in [0.05, 0.1) is 5.69 Å². The molecule has 0 aliphatic carbocycles. The first-order valence-electron chi connectivity index (χ1n) is 7.10. The average Bonchev–Trinajstić information content (AvgIpc) is 2.56. The lowest BCUT2D eigenvalue weighted by Crippen LogP contribution is -2.47. The van der Waals surface area contributed by atoms with Crippen LogP contribution in [0.25, 0.3) is 0 Å². The van der Waals surface area contributed by atoms with E-state index in [1.165, 1.54) is 12.1 Å². The third kappa shape index (κ3) is 2.86. The standard InChI is InChI=1S/C16H16FN3O2/c17-12-4-1-2-6-14(12)19-8-10-20(11-9-19)15-7-3-5-13(18-15)16(21)22/h1-7H,8-11H2,(H,21,22). The number of hydrogen-bond donors (Lipinski definition) is 1. The lowest BCUT2D eigenvalue weighted by Gasteiger charge is -2.36. The summed E-state index contributed by atoms with van der Waals surface area (Å²) >= 11 is 0. The normalized spacial score (nSPS) is 15.0. The number of para-hydroxylation sites is 1. The second kappa shape index (κ2) is 6.01. The number of benzene rings is 1. The van der Waals surface area contributed by atoms with E-state index in [0.717, 1.165) is 0 Å². The molecule has 0 amide bonds. The highest BCUT2D eigenvalue weighted by atomic mass is 19.1. The van der Waals surface area contributed by atoms with Crippen LogP contribution in [0.5, 0.6) is 0 Å². The van der Waals surface area contributed by atoms with E-state index < -0.39 is 5.97 Å². The molecule has 1 fully saturated rings. The van der Waals surface area contributed by atoms with Crippen LogP contribution in [-0.4, -0.2) is 42.2 Å². The van der Waals surface area contributed by atoms with Crippen LogP contribution in [-0.2, 0) is 0 Å². The van der Waals surface area contributed by atoms with Gasteiger partial charge in [0.25, 0.3) is 0 Å². The molecule has 2 heterocycles. The zero-order chi connectivity index (χ0) is 15.5. The van der Waals surface area contributed by atoms with Crippen LogP contribution in [0.2, 0.25) is 0 Å². The van der Waals surface area contributed by atoms with Crippen LogP contribution in [0, 0.1) is 5.82 Å². The minimum absolute atomic E-state index is 0.0361. The molecule has 0 radical (unpaired) electrons. The monoisotopic (exact) mass is 301 g/mol. The lowest BCUT2D eigenvalue weighted by molar-refractivity contribution is 0.0690. The summed E-state index contributed by atoms with van der Waals surface area (Å²) < 4.78 is 13.8. The Balaban J connectivity index is 1.71. The highest BCUT2D eigenvalue weighted by molar-refractivity contribution is 5.85. The van der Waals surface area contributed by atoms with E-state index in [1.54, 1.807) is 24.3 Å². The zero-order valence-electron chi connectivity index (χ0n) is 11.9. The molecule has 6 heteroatoms. The van der Waals surface area contributed by atoms with Crippen molar-refractivity contribution < 1.29 is 14.3 Å². The van der Waals surface area contributed by atoms with E-state index in [1.807, 2.05) is 15.9 Å². The van der Waals surface area contributed by atoms with E-state index in [0.29, 0.717) is 37.7 Å². The molecule has 1 aromatic carbocycles. The van der Waals surface area contributed by atoms with E-state index in [4.69, 9.17) is 5.11 Å². The molecule has 3 rings (SSSR count). The average molecular weight is 301 g/mol. The molecule has 22 heavy (non-hydrogen) atoms. The number of nitrogens with zero attached hydrogens (tertiary/aromatic N) is 3. The molecule has 5 nitrogen and oxygen atoms in total. The van der Waals surface area contributed by atoms with Gasteiger partial charge < -0.3 is 14.9 Å². The maximum atomic E-state index is 13.8. The number of piperazine rings is 1. The Morgan fingerprint density at radius 1 is 1.00 bits per heavy atom. The van der Waals surface area contributed by atoms with Crippen LogP contribution >= 0.6 is 0 Å². The molecule has 114 valence electrons. The highest BCUT2D eigenvalue weighted by Crippen LogP contribution is 2.22. The lowest BCUT2D eigenvalue weighted by atomic mass is 10.2. The quantitative estimate of drug-likeness (QED) is 0.942. The van der Waals surface area contributed by atoms with Gasteiger partial charge in [-0.05, 0) is 24.3 Å². The summed E-state index contributed by atoms with van der Waals surface area (Å²) in [5, 5.41) is 9.00. The van der Waals surface area contributed by atoms with Gasteiger partial charge in [-0.25, -0.2) is 14.2 Å². The largest absolute Gasteiger partial charge is 0.477 e. The molecule has 1 saturated heterocycles.